The van der Waals surface area contributed by atoms with Gasteiger partial charge >= 0.3 is 6.18 Å². The van der Waals surface area contributed by atoms with Crippen LogP contribution in [-0.4, -0.2) is 31.1 Å². The molecule has 0 spiro atoms. The number of halogens is 6. The lowest BCUT2D eigenvalue weighted by atomic mass is 9.99. The molecule has 2 heterocycles. The summed E-state index contributed by atoms with van der Waals surface area (Å²) >= 11 is 7.25. The van der Waals surface area contributed by atoms with Crippen LogP contribution in [0.3, 0.4) is 0 Å². The number of nitrogens with one attached hydrogen (secondary N) is 1. The van der Waals surface area contributed by atoms with E-state index in [9.17, 15) is 17.6 Å². The highest BCUT2D eigenvalue weighted by Crippen LogP contribution is 2.40. The fourth-order valence-electron chi connectivity index (χ4n) is 2.93. The molecule has 1 N–H and O–H groups in total. The second kappa shape index (κ2) is 8.22. The fourth-order valence-corrected chi connectivity index (χ4v) is 4.14. The van der Waals surface area contributed by atoms with Gasteiger partial charge in [0.15, 0.2) is 0 Å². The third kappa shape index (κ3) is 4.46. The third-order valence-corrected chi connectivity index (χ3v) is 5.29. The number of alkyl halides is 3. The molecule has 1 aliphatic heterocycles. The summed E-state index contributed by atoms with van der Waals surface area (Å²) in [7, 11) is 0. The number of nitrogens with zero attached hydrogens (tertiary/aromatic N) is 1. The zero-order valence-electron chi connectivity index (χ0n) is 12.9. The lowest BCUT2D eigenvalue weighted by Gasteiger charge is -2.35. The van der Waals surface area contributed by atoms with Crippen molar-refractivity contribution >= 4 is 35.3 Å². The summed E-state index contributed by atoms with van der Waals surface area (Å²) in [6, 6.07) is 6.31. The Morgan fingerprint density at radius 2 is 1.80 bits per heavy atom. The van der Waals surface area contributed by atoms with Gasteiger partial charge in [-0.3, -0.25) is 4.90 Å². The zero-order valence-corrected chi connectivity index (χ0v) is 15.3. The first-order chi connectivity index (χ1) is 11.4. The van der Waals surface area contributed by atoms with Crippen molar-refractivity contribution in [3.8, 4) is 0 Å². The van der Waals surface area contributed by atoms with Crippen molar-refractivity contribution in [1.82, 2.24) is 10.2 Å². The van der Waals surface area contributed by atoms with Crippen molar-refractivity contribution < 1.29 is 17.6 Å². The molecule has 1 atom stereocenters. The van der Waals surface area contributed by atoms with Gasteiger partial charge < -0.3 is 5.32 Å². The first-order valence-corrected chi connectivity index (χ1v) is 8.63. The van der Waals surface area contributed by atoms with Gasteiger partial charge in [0.2, 0.25) is 0 Å². The molecule has 0 bridgehead atoms. The van der Waals surface area contributed by atoms with Crippen molar-refractivity contribution in [1.29, 1.82) is 0 Å². The first-order valence-electron chi connectivity index (χ1n) is 7.43. The van der Waals surface area contributed by atoms with Crippen LogP contribution in [0.2, 0.25) is 4.34 Å². The predicted molar refractivity (Wildman–Crippen MR) is 94.3 cm³/mol. The van der Waals surface area contributed by atoms with E-state index < -0.39 is 23.6 Å². The zero-order chi connectivity index (χ0) is 17.3. The fraction of sp³-hybridized carbons (Fsp3) is 0.375. The minimum atomic E-state index is -4.72. The highest BCUT2D eigenvalue weighted by Gasteiger charge is 2.37. The van der Waals surface area contributed by atoms with E-state index in [0.29, 0.717) is 30.5 Å². The molecule has 1 saturated heterocycles. The van der Waals surface area contributed by atoms with Crippen LogP contribution >= 0.6 is 35.3 Å². The molecule has 0 unspecified atom stereocenters. The Morgan fingerprint density at radius 1 is 1.12 bits per heavy atom. The van der Waals surface area contributed by atoms with Gasteiger partial charge in [0.25, 0.3) is 0 Å². The monoisotopic (exact) mass is 414 g/mol. The molecule has 1 aliphatic rings. The Morgan fingerprint density at radius 3 is 2.36 bits per heavy atom. The van der Waals surface area contributed by atoms with E-state index in [-0.39, 0.29) is 18.0 Å². The molecule has 9 heteroatoms. The van der Waals surface area contributed by atoms with Crippen LogP contribution in [0, 0.1) is 5.82 Å². The second-order valence-corrected chi connectivity index (χ2v) is 7.28. The van der Waals surface area contributed by atoms with Crippen LogP contribution in [0.5, 0.6) is 0 Å². The van der Waals surface area contributed by atoms with Gasteiger partial charge in [-0.1, -0.05) is 23.7 Å². The second-order valence-electron chi connectivity index (χ2n) is 5.54. The van der Waals surface area contributed by atoms with E-state index in [2.05, 4.69) is 5.32 Å². The molecule has 2 nitrogen and oxygen atoms in total. The first kappa shape index (κ1) is 20.5. The summed E-state index contributed by atoms with van der Waals surface area (Å²) in [5, 5.41) is 3.19. The summed E-state index contributed by atoms with van der Waals surface area (Å²) in [6.07, 6.45) is -4.72. The molecular weight excluding hydrogens is 399 g/mol. The van der Waals surface area contributed by atoms with Crippen molar-refractivity contribution in [2.24, 2.45) is 0 Å². The molecule has 138 valence electrons. The quantitative estimate of drug-likeness (QED) is 0.712. The summed E-state index contributed by atoms with van der Waals surface area (Å²) in [6.45, 7) is 2.65. The molecule has 0 saturated carbocycles. The van der Waals surface area contributed by atoms with Gasteiger partial charge in [-0.15, -0.1) is 23.7 Å². The maximum atomic E-state index is 14.7. The number of hydrogen-bond acceptors (Lipinski definition) is 3. The van der Waals surface area contributed by atoms with E-state index >= 15 is 0 Å². The lowest BCUT2D eigenvalue weighted by Crippen LogP contribution is -2.45. The standard InChI is InChI=1S/C16H15ClF4N2S.ClH/c17-13-5-4-12(24-13)15(23-8-6-22-7-9-23)10-2-1-3-11(14(10)18)16(19,20)21;/h1-5,15,22H,6-9H2;1H/t15-;/m0./s1. The van der Waals surface area contributed by atoms with Gasteiger partial charge in [-0.2, -0.15) is 13.2 Å². The normalized spacial score (nSPS) is 17.2. The number of benzene rings is 1. The maximum absolute atomic E-state index is 14.7. The molecule has 0 aliphatic carbocycles. The average molecular weight is 415 g/mol. The Bertz CT molecular complexity index is 714. The Labute approximate surface area is 158 Å². The van der Waals surface area contributed by atoms with E-state index in [4.69, 9.17) is 11.6 Å². The Balaban J connectivity index is 0.00000225. The minimum Gasteiger partial charge on any atom is -0.314 e. The highest BCUT2D eigenvalue weighted by atomic mass is 35.5. The molecule has 25 heavy (non-hydrogen) atoms. The molecule has 1 aromatic carbocycles. The molecule has 1 fully saturated rings. The number of hydrogen-bond donors (Lipinski definition) is 1. The maximum Gasteiger partial charge on any atom is 0.419 e. The van der Waals surface area contributed by atoms with Gasteiger partial charge in [0.05, 0.1) is 15.9 Å². The SMILES string of the molecule is Cl.Fc1c([C@@H](c2ccc(Cl)s2)N2CCNCC2)cccc1C(F)(F)F. The van der Waals surface area contributed by atoms with Gasteiger partial charge in [-0.05, 0) is 18.2 Å². The number of piperazine rings is 1. The van der Waals surface area contributed by atoms with Crippen molar-refractivity contribution in [2.45, 2.75) is 12.2 Å². The van der Waals surface area contributed by atoms with Crippen LogP contribution in [0.15, 0.2) is 30.3 Å². The van der Waals surface area contributed by atoms with Crippen molar-refractivity contribution in [3.05, 3.63) is 56.5 Å². The van der Waals surface area contributed by atoms with Crippen molar-refractivity contribution in [3.63, 3.8) is 0 Å². The van der Waals surface area contributed by atoms with Crippen LogP contribution in [0.25, 0.3) is 0 Å². The highest BCUT2D eigenvalue weighted by molar-refractivity contribution is 7.16. The van der Waals surface area contributed by atoms with E-state index in [1.54, 1.807) is 12.1 Å². The summed E-state index contributed by atoms with van der Waals surface area (Å²) < 4.78 is 54.4. The topological polar surface area (TPSA) is 15.3 Å². The molecule has 1 aromatic heterocycles. The molecule has 2 aromatic rings. The summed E-state index contributed by atoms with van der Waals surface area (Å²) in [4.78, 5) is 2.72. The Kier molecular flexibility index (Phi) is 6.73. The van der Waals surface area contributed by atoms with E-state index in [0.717, 1.165) is 10.9 Å². The van der Waals surface area contributed by atoms with Crippen LogP contribution in [-0.2, 0) is 6.18 Å². The lowest BCUT2D eigenvalue weighted by molar-refractivity contribution is -0.140. The van der Waals surface area contributed by atoms with Crippen LogP contribution < -0.4 is 5.32 Å². The molecule has 0 radical (unpaired) electrons. The number of thiophene rings is 1. The largest absolute Gasteiger partial charge is 0.419 e. The molecule has 0 amide bonds. The van der Waals surface area contributed by atoms with Gasteiger partial charge in [-0.25, -0.2) is 4.39 Å². The summed E-state index contributed by atoms with van der Waals surface area (Å²) in [5.41, 5.74) is -1.20. The van der Waals surface area contributed by atoms with Gasteiger partial charge in [0.1, 0.15) is 5.82 Å². The average Bonchev–Trinajstić information content (AvgIpc) is 2.95. The van der Waals surface area contributed by atoms with Crippen molar-refractivity contribution in [2.75, 3.05) is 26.2 Å². The van der Waals surface area contributed by atoms with E-state index in [1.165, 1.54) is 23.5 Å². The van der Waals surface area contributed by atoms with Gasteiger partial charge in [0, 0.05) is 36.6 Å². The predicted octanol–water partition coefficient (Wildman–Crippen LogP) is 4.98. The third-order valence-electron chi connectivity index (χ3n) is 4.01. The smallest absolute Gasteiger partial charge is 0.314 e. The summed E-state index contributed by atoms with van der Waals surface area (Å²) in [5.74, 6) is -1.21. The number of rotatable bonds is 3. The minimum absolute atomic E-state index is 0. The molecular formula is C16H16Cl2F4N2S. The Hall–Kier alpha value is -0.860. The van der Waals surface area contributed by atoms with Crippen LogP contribution in [0.1, 0.15) is 22.0 Å². The molecule has 3 rings (SSSR count). The van der Waals surface area contributed by atoms with E-state index in [1.807, 2.05) is 4.90 Å². The van der Waals surface area contributed by atoms with Crippen LogP contribution in [0.4, 0.5) is 17.6 Å².